The number of likely N-dealkylation sites (tertiary alicyclic amines) is 5. The summed E-state index contributed by atoms with van der Waals surface area (Å²) in [7, 11) is 7.11. The molecule has 0 aromatic heterocycles. The summed E-state index contributed by atoms with van der Waals surface area (Å²) in [6.07, 6.45) is -9.39. The van der Waals surface area contributed by atoms with Crippen LogP contribution in [0.1, 0.15) is 142 Å². The number of thioether (sulfide) groups is 5. The molecule has 51 heteroatoms. The van der Waals surface area contributed by atoms with E-state index in [4.69, 9.17) is 23.7 Å². The number of nitrogens with zero attached hydrogens (tertiary/aromatic N) is 5. The van der Waals surface area contributed by atoms with E-state index in [1.54, 1.807) is 0 Å². The van der Waals surface area contributed by atoms with Crippen LogP contribution in [0.2, 0.25) is 0 Å². The Morgan fingerprint density at radius 2 is 0.440 bits per heavy atom. The summed E-state index contributed by atoms with van der Waals surface area (Å²) in [5, 5.41) is 19.9. The lowest BCUT2D eigenvalue weighted by Gasteiger charge is -2.22. The molecular formula is C83H121N15O31S5. The van der Waals surface area contributed by atoms with Gasteiger partial charge in [-0.25, -0.2) is 0 Å². The van der Waals surface area contributed by atoms with Crippen LogP contribution in [-0.2, 0) is 148 Å². The van der Waals surface area contributed by atoms with Crippen molar-refractivity contribution in [1.82, 2.24) is 77.7 Å². The van der Waals surface area contributed by atoms with Crippen molar-refractivity contribution in [3.8, 4) is 0 Å². The molecule has 20 amide bonds. The molecule has 5 rings (SSSR count). The van der Waals surface area contributed by atoms with Crippen LogP contribution in [0.25, 0.3) is 0 Å². The minimum Gasteiger partial charge on any atom is -0.383 e. The van der Waals surface area contributed by atoms with E-state index in [1.165, 1.54) is 42.5 Å². The summed E-state index contributed by atoms with van der Waals surface area (Å²) in [4.78, 5) is 353. The van der Waals surface area contributed by atoms with Gasteiger partial charge in [0, 0.05) is 265 Å². The zero-order valence-electron chi connectivity index (χ0n) is 76.0. The minimum absolute atomic E-state index is 0.122. The number of imide groups is 5. The molecule has 46 nitrogen and oxygen atoms in total. The number of carbonyl (C=O) groups excluding carboxylic acids is 26. The summed E-state index contributed by atoms with van der Waals surface area (Å²) in [6.45, 7) is 2.59. The van der Waals surface area contributed by atoms with E-state index in [2.05, 4.69) is 53.2 Å². The molecule has 5 aliphatic heterocycles. The quantitative estimate of drug-likeness (QED) is 0.0201. The van der Waals surface area contributed by atoms with Crippen molar-refractivity contribution < 1.29 is 148 Å². The van der Waals surface area contributed by atoms with E-state index in [1.807, 2.05) is 0 Å². The van der Waals surface area contributed by atoms with Crippen LogP contribution in [0, 0.1) is 0 Å². The maximum atomic E-state index is 14.7. The van der Waals surface area contributed by atoms with Crippen LogP contribution in [0.15, 0.2) is 0 Å². The molecule has 5 aliphatic rings. The van der Waals surface area contributed by atoms with Gasteiger partial charge in [-0.15, -0.1) is 58.8 Å². The van der Waals surface area contributed by atoms with E-state index in [0.29, 0.717) is 0 Å². The highest BCUT2D eigenvalue weighted by Gasteiger charge is 2.46. The van der Waals surface area contributed by atoms with E-state index in [0.717, 1.165) is 90.2 Å². The van der Waals surface area contributed by atoms with Crippen LogP contribution < -0.4 is 53.2 Å². The SMILES string of the molecule is COCCNC(=O)CCN1C(=O)CC(SC[C@H](NC(C)=O)C(=O)CCC(=O)N[C@@H](CSC2CC(=O)N(CCC(=O)NCCOC)C2=O)C(=O)CCC(=O)N[C@@H](CSC2CC(=O)N(CCC(=O)NCCOC)C2=O)C(=O)CCC(=O)N[C@@H](CSC2CC(=O)N(CCC(=O)NCCOC)C2=O)C(=O)CCC(=O)N[C@@H](CSC2CC(=O)N(CCC(=O)NCCOC)C2=O)C(=O)CCC(C)=O)C1=O. The number of amides is 20. The van der Waals surface area contributed by atoms with Crippen molar-refractivity contribution in [2.24, 2.45) is 0 Å². The zero-order valence-corrected chi connectivity index (χ0v) is 80.1. The largest absolute Gasteiger partial charge is 0.383 e. The third-order valence-electron chi connectivity index (χ3n) is 21.1. The number of Topliss-reactive ketones (excluding diaryl/α,β-unsaturated/α-hetero) is 6. The molecule has 0 bridgehead atoms. The second-order valence-electron chi connectivity index (χ2n) is 31.3. The first kappa shape index (κ1) is 114. The predicted molar refractivity (Wildman–Crippen MR) is 483 cm³/mol. The van der Waals surface area contributed by atoms with Gasteiger partial charge in [-0.3, -0.25) is 144 Å². The highest BCUT2D eigenvalue weighted by Crippen LogP contribution is 2.32. The Balaban J connectivity index is 1.38. The number of ether oxygens (including phenoxy) is 5. The number of methoxy groups -OCH3 is 5. The Morgan fingerprint density at radius 1 is 0.261 bits per heavy atom. The van der Waals surface area contributed by atoms with Crippen molar-refractivity contribution in [2.75, 3.05) is 163 Å². The van der Waals surface area contributed by atoms with E-state index in [9.17, 15) is 125 Å². The average molecular weight is 1990 g/mol. The lowest BCUT2D eigenvalue weighted by Crippen LogP contribution is -2.46. The minimum atomic E-state index is -1.67. The normalized spacial score (nSPS) is 18.3. The van der Waals surface area contributed by atoms with E-state index < -0.39 is 291 Å². The number of rotatable bonds is 70. The van der Waals surface area contributed by atoms with Gasteiger partial charge in [-0.05, 0) is 6.92 Å². The zero-order chi connectivity index (χ0) is 99.1. The molecule has 0 aliphatic carbocycles. The third-order valence-corrected chi connectivity index (χ3v) is 27.5. The van der Waals surface area contributed by atoms with Gasteiger partial charge in [-0.2, -0.15) is 0 Å². The predicted octanol–water partition coefficient (Wildman–Crippen LogP) is -5.17. The Kier molecular flexibility index (Phi) is 52.2. The summed E-state index contributed by atoms with van der Waals surface area (Å²) in [5.74, 6) is -20.1. The number of hydrogen-bond acceptors (Lipinski definition) is 36. The highest BCUT2D eigenvalue weighted by atomic mass is 32.2. The van der Waals surface area contributed by atoms with Crippen molar-refractivity contribution in [3.63, 3.8) is 0 Å². The maximum Gasteiger partial charge on any atom is 0.242 e. The van der Waals surface area contributed by atoms with E-state index >= 15 is 0 Å². The molecule has 0 aromatic rings. The molecule has 5 saturated heterocycles. The summed E-state index contributed by atoms with van der Waals surface area (Å²) < 4.78 is 24.7. The Bertz CT molecular complexity index is 4280. The van der Waals surface area contributed by atoms with Crippen LogP contribution in [-0.4, -0.2) is 397 Å². The first-order chi connectivity index (χ1) is 63.8. The first-order valence-corrected chi connectivity index (χ1v) is 48.7. The number of ketones is 6. The van der Waals surface area contributed by atoms with Crippen molar-refractivity contribution in [1.29, 1.82) is 0 Å². The van der Waals surface area contributed by atoms with Crippen molar-refractivity contribution in [2.45, 2.75) is 199 Å². The second kappa shape index (κ2) is 61.1. The molecular weight excluding hydrogens is 1860 g/mol. The van der Waals surface area contributed by atoms with Crippen LogP contribution in [0.5, 0.6) is 0 Å². The first-order valence-electron chi connectivity index (χ1n) is 43.5. The van der Waals surface area contributed by atoms with Crippen LogP contribution in [0.3, 0.4) is 0 Å². The van der Waals surface area contributed by atoms with Crippen molar-refractivity contribution in [3.05, 3.63) is 0 Å². The van der Waals surface area contributed by atoms with Gasteiger partial charge in [0.1, 0.15) is 5.78 Å². The Hall–Kier alpha value is -10.0. The van der Waals surface area contributed by atoms with Gasteiger partial charge < -0.3 is 81.6 Å². The second-order valence-corrected chi connectivity index (χ2v) is 37.5. The number of nitrogens with one attached hydrogen (secondary N) is 10. The Labute approximate surface area is 794 Å². The smallest absolute Gasteiger partial charge is 0.242 e. The van der Waals surface area contributed by atoms with Gasteiger partial charge in [-0.1, -0.05) is 0 Å². The molecule has 0 radical (unpaired) electrons. The molecule has 5 heterocycles. The average Bonchev–Trinajstić information content (AvgIpc) is 1.68. The van der Waals surface area contributed by atoms with Crippen molar-refractivity contribution >= 4 is 212 Å². The van der Waals surface area contributed by atoms with Gasteiger partial charge in [0.15, 0.2) is 28.9 Å². The number of hydrogen-bond donors (Lipinski definition) is 10. The molecule has 5 fully saturated rings. The topological polar surface area (TPSA) is 626 Å². The molecule has 134 heavy (non-hydrogen) atoms. The van der Waals surface area contributed by atoms with Gasteiger partial charge in [0.2, 0.25) is 118 Å². The van der Waals surface area contributed by atoms with Crippen LogP contribution >= 0.6 is 58.8 Å². The third kappa shape index (κ3) is 40.5. The summed E-state index contributed by atoms with van der Waals surface area (Å²) in [5.41, 5.74) is 0. The van der Waals surface area contributed by atoms with Crippen LogP contribution in [0.4, 0.5) is 0 Å². The molecule has 10 atom stereocenters. The van der Waals surface area contributed by atoms with E-state index in [-0.39, 0.29) is 174 Å². The molecule has 0 saturated carbocycles. The fourth-order valence-corrected chi connectivity index (χ4v) is 19.7. The lowest BCUT2D eigenvalue weighted by molar-refractivity contribution is -0.140. The lowest BCUT2D eigenvalue weighted by atomic mass is 10.1. The summed E-state index contributed by atoms with van der Waals surface area (Å²) >= 11 is 4.00. The summed E-state index contributed by atoms with van der Waals surface area (Å²) in [6, 6.07) is -7.61. The molecule has 0 aromatic carbocycles. The molecule has 10 N–H and O–H groups in total. The monoisotopic (exact) mass is 1980 g/mol. The fraction of sp³-hybridized carbons (Fsp3) is 0.687. The molecule has 5 unspecified atom stereocenters. The molecule has 744 valence electrons. The van der Waals surface area contributed by atoms with Gasteiger partial charge in [0.05, 0.1) is 89.5 Å². The van der Waals surface area contributed by atoms with Gasteiger partial charge in [0.25, 0.3) is 0 Å². The Morgan fingerprint density at radius 3 is 0.612 bits per heavy atom. The number of carbonyl (C=O) groups is 26. The maximum absolute atomic E-state index is 14.7. The molecule has 0 spiro atoms. The highest BCUT2D eigenvalue weighted by molar-refractivity contribution is 8.01. The standard InChI is InChI=1S/C83H121N15O31S5/c1-48(99)8-9-55(101)51(44-131-61-39-75(116)95(80(61)121)29-19-66(107)85-24-34-126-4)90-71(112)15-11-57(103)53(46-133-63-41-77(118)97(82(63)123)31-21-68(109)87-26-36-128-6)92-73(114)17-13-59(105)54(47-134-64-42-78(119)98(83(64)124)32-22-69(110)88-27-37-129-7)93-72(113)16-12-58(104)52(45-132-62-40-76(117)96(81(62)122)30-20-67(108)86-25-35-127-5)91-70(111)14-10-56(102)50(89-49(2)100)43-130-60-38-74(115)94(79(60)120)28-18-65(106)84-23-33-125-3/h50-54,60-64H,8-47H2,1-7H3,(H,84,106)(H,85,107)(H,86,108)(H,87,109)(H,88,110)(H,89,100)(H,90,112)(H,91,111)(H,92,114)(H,93,113)/t50-,51-,52-,53-,54-,60?,61?,62?,63?,64?/m0/s1. The van der Waals surface area contributed by atoms with Gasteiger partial charge >= 0.3 is 0 Å². The fourth-order valence-electron chi connectivity index (χ4n) is 13.6.